The van der Waals surface area contributed by atoms with Crippen LogP contribution in [0, 0.1) is 0 Å². The Bertz CT molecular complexity index is 433. The van der Waals surface area contributed by atoms with Gasteiger partial charge in [0, 0.05) is 17.0 Å². The first-order chi connectivity index (χ1) is 7.42. The topological polar surface area (TPSA) is 50.7 Å². The molecular weight excluding hydrogens is 228 g/mol. The maximum atomic E-state index is 4.42. The van der Waals surface area contributed by atoms with Gasteiger partial charge in [0.05, 0.1) is 11.6 Å². The molecular formula is C9H10N4S2. The predicted octanol–water partition coefficient (Wildman–Crippen LogP) is 2.48. The van der Waals surface area contributed by atoms with E-state index in [1.54, 1.807) is 5.51 Å². The van der Waals surface area contributed by atoms with Crippen LogP contribution in [0.5, 0.6) is 0 Å². The van der Waals surface area contributed by atoms with Crippen molar-refractivity contribution in [3.63, 3.8) is 0 Å². The molecule has 0 radical (unpaired) electrons. The molecule has 2 aromatic rings. The molecule has 78 valence electrons. The molecule has 6 heteroatoms. The van der Waals surface area contributed by atoms with Gasteiger partial charge in [0.1, 0.15) is 5.51 Å². The molecule has 0 spiro atoms. The van der Waals surface area contributed by atoms with Crippen LogP contribution in [0.1, 0.15) is 28.6 Å². The molecule has 15 heavy (non-hydrogen) atoms. The second-order valence-corrected chi connectivity index (χ2v) is 5.52. The van der Waals surface area contributed by atoms with Crippen molar-refractivity contribution in [2.45, 2.75) is 25.3 Å². The Morgan fingerprint density at radius 2 is 2.40 bits per heavy atom. The molecule has 3 rings (SSSR count). The Hall–Kier alpha value is -1.01. The van der Waals surface area contributed by atoms with Gasteiger partial charge in [-0.05, 0) is 12.8 Å². The first-order valence-electron chi connectivity index (χ1n) is 4.86. The van der Waals surface area contributed by atoms with Crippen LogP contribution in [0.25, 0.3) is 0 Å². The normalized spacial score (nSPS) is 15.5. The lowest BCUT2D eigenvalue weighted by molar-refractivity contribution is 1.05. The lowest BCUT2D eigenvalue weighted by Crippen LogP contribution is -1.96. The fraction of sp³-hybridized carbons (Fsp3) is 0.444. The Morgan fingerprint density at radius 3 is 3.13 bits per heavy atom. The largest absolute Gasteiger partial charge is 0.355 e. The van der Waals surface area contributed by atoms with Crippen molar-refractivity contribution in [1.29, 1.82) is 0 Å². The van der Waals surface area contributed by atoms with Crippen molar-refractivity contribution in [2.75, 3.05) is 5.32 Å². The minimum absolute atomic E-state index is 0.755. The van der Waals surface area contributed by atoms with Crippen LogP contribution in [0.2, 0.25) is 0 Å². The Morgan fingerprint density at radius 1 is 1.47 bits per heavy atom. The van der Waals surface area contributed by atoms with Crippen molar-refractivity contribution in [1.82, 2.24) is 15.2 Å². The van der Waals surface area contributed by atoms with Gasteiger partial charge < -0.3 is 5.32 Å². The molecule has 0 atom stereocenters. The molecule has 0 aromatic carbocycles. The molecule has 2 heterocycles. The summed E-state index contributed by atoms with van der Waals surface area (Å²) in [5.74, 6) is 0.755. The zero-order valence-corrected chi connectivity index (χ0v) is 9.64. The van der Waals surface area contributed by atoms with E-state index in [1.165, 1.54) is 34.1 Å². The van der Waals surface area contributed by atoms with Crippen molar-refractivity contribution in [2.24, 2.45) is 0 Å². The molecule has 4 nitrogen and oxygen atoms in total. The first-order valence-corrected chi connectivity index (χ1v) is 6.56. The van der Waals surface area contributed by atoms with Gasteiger partial charge in [-0.15, -0.1) is 21.5 Å². The number of hydrogen-bond donors (Lipinski definition) is 1. The molecule has 1 aliphatic rings. The van der Waals surface area contributed by atoms with Crippen molar-refractivity contribution >= 4 is 27.8 Å². The smallest absolute Gasteiger partial charge is 0.205 e. The third kappa shape index (κ3) is 2.15. The van der Waals surface area contributed by atoms with E-state index in [4.69, 9.17) is 0 Å². The van der Waals surface area contributed by atoms with E-state index in [0.717, 1.165) is 17.6 Å². The zero-order valence-electron chi connectivity index (χ0n) is 8.01. The van der Waals surface area contributed by atoms with Crippen molar-refractivity contribution < 1.29 is 0 Å². The number of hydrogen-bond acceptors (Lipinski definition) is 6. The van der Waals surface area contributed by atoms with Crippen LogP contribution in [0.15, 0.2) is 11.7 Å². The van der Waals surface area contributed by atoms with Crippen LogP contribution < -0.4 is 5.32 Å². The highest BCUT2D eigenvalue weighted by atomic mass is 32.1. The van der Waals surface area contributed by atoms with Gasteiger partial charge in [0.2, 0.25) is 5.13 Å². The van der Waals surface area contributed by atoms with Crippen molar-refractivity contribution in [3.8, 4) is 0 Å². The highest BCUT2D eigenvalue weighted by Crippen LogP contribution is 2.41. The molecule has 0 unspecified atom stereocenters. The Labute approximate surface area is 95.4 Å². The lowest BCUT2D eigenvalue weighted by atomic mass is 10.5. The third-order valence-corrected chi connectivity index (χ3v) is 4.08. The summed E-state index contributed by atoms with van der Waals surface area (Å²) >= 11 is 3.33. The van der Waals surface area contributed by atoms with Crippen LogP contribution >= 0.6 is 22.7 Å². The number of anilines is 1. The average Bonchev–Trinajstić information content (AvgIpc) is 2.82. The molecule has 0 bridgehead atoms. The van der Waals surface area contributed by atoms with Gasteiger partial charge in [0.15, 0.2) is 0 Å². The van der Waals surface area contributed by atoms with E-state index in [1.807, 2.05) is 17.5 Å². The fourth-order valence-corrected chi connectivity index (χ4v) is 2.81. The highest BCUT2D eigenvalue weighted by molar-refractivity contribution is 7.13. The van der Waals surface area contributed by atoms with Crippen LogP contribution in [-0.4, -0.2) is 15.2 Å². The summed E-state index contributed by atoms with van der Waals surface area (Å²) in [6, 6.07) is 0. The van der Waals surface area contributed by atoms with Gasteiger partial charge in [-0.25, -0.2) is 4.98 Å². The summed E-state index contributed by atoms with van der Waals surface area (Å²) in [6.07, 6.45) is 4.60. The van der Waals surface area contributed by atoms with Gasteiger partial charge in [-0.1, -0.05) is 11.3 Å². The Balaban J connectivity index is 1.61. The van der Waals surface area contributed by atoms with Crippen LogP contribution in [0.4, 0.5) is 5.13 Å². The van der Waals surface area contributed by atoms with Crippen LogP contribution in [0.3, 0.4) is 0 Å². The van der Waals surface area contributed by atoms with E-state index in [-0.39, 0.29) is 0 Å². The van der Waals surface area contributed by atoms with Crippen molar-refractivity contribution in [3.05, 3.63) is 21.6 Å². The number of nitrogens with one attached hydrogen (secondary N) is 1. The highest BCUT2D eigenvalue weighted by Gasteiger charge is 2.26. The summed E-state index contributed by atoms with van der Waals surface area (Å²) in [5, 5.41) is 13.1. The summed E-state index contributed by atoms with van der Waals surface area (Å²) in [7, 11) is 0. The van der Waals surface area contributed by atoms with E-state index in [0.29, 0.717) is 0 Å². The molecule has 1 fully saturated rings. The number of rotatable bonds is 4. The third-order valence-electron chi connectivity index (χ3n) is 2.27. The summed E-state index contributed by atoms with van der Waals surface area (Å²) in [4.78, 5) is 5.69. The number of aromatic nitrogens is 3. The maximum Gasteiger partial charge on any atom is 0.205 e. The second kappa shape index (κ2) is 3.86. The molecule has 1 aliphatic carbocycles. The standard InChI is InChI=1S/C9H10N4S2/c1-2-6(1)8-10-3-7(15-8)4-11-9-13-12-5-14-9/h3,5-6H,1-2,4H2,(H,11,13). The predicted molar refractivity (Wildman–Crippen MR) is 61.3 cm³/mol. The minimum atomic E-state index is 0.755. The van der Waals surface area contributed by atoms with Crippen LogP contribution in [-0.2, 0) is 6.54 Å². The zero-order chi connectivity index (χ0) is 10.1. The molecule has 1 saturated carbocycles. The van der Waals surface area contributed by atoms with E-state index >= 15 is 0 Å². The van der Waals surface area contributed by atoms with E-state index in [9.17, 15) is 0 Å². The lowest BCUT2D eigenvalue weighted by Gasteiger charge is -1.96. The Kier molecular flexibility index (Phi) is 2.38. The van der Waals surface area contributed by atoms with Gasteiger partial charge in [-0.2, -0.15) is 0 Å². The number of nitrogens with zero attached hydrogens (tertiary/aromatic N) is 3. The molecule has 0 saturated heterocycles. The molecule has 1 N–H and O–H groups in total. The fourth-order valence-electron chi connectivity index (χ4n) is 1.34. The number of thiazole rings is 1. The monoisotopic (exact) mass is 238 g/mol. The molecule has 2 aromatic heterocycles. The van der Waals surface area contributed by atoms with E-state index < -0.39 is 0 Å². The van der Waals surface area contributed by atoms with Gasteiger partial charge >= 0.3 is 0 Å². The molecule has 0 amide bonds. The van der Waals surface area contributed by atoms with Gasteiger partial charge in [0.25, 0.3) is 0 Å². The second-order valence-electron chi connectivity index (χ2n) is 3.54. The summed E-state index contributed by atoms with van der Waals surface area (Å²) in [5.41, 5.74) is 1.73. The van der Waals surface area contributed by atoms with E-state index in [2.05, 4.69) is 20.5 Å². The molecule has 0 aliphatic heterocycles. The SMILES string of the molecule is c1nnc(NCc2cnc(C3CC3)s2)s1. The average molecular weight is 238 g/mol. The quantitative estimate of drug-likeness (QED) is 0.889. The minimum Gasteiger partial charge on any atom is -0.355 e. The van der Waals surface area contributed by atoms with Gasteiger partial charge in [-0.3, -0.25) is 0 Å². The summed E-state index contributed by atoms with van der Waals surface area (Å²) in [6.45, 7) is 0.805. The summed E-state index contributed by atoms with van der Waals surface area (Å²) < 4.78 is 0. The maximum absolute atomic E-state index is 4.42. The first kappa shape index (κ1) is 9.23.